The van der Waals surface area contributed by atoms with Crippen molar-refractivity contribution in [3.63, 3.8) is 0 Å². The predicted octanol–water partition coefficient (Wildman–Crippen LogP) is 4.01. The SMILES string of the molecule is CN1C(=O)C=C[C@]2(C)[C@H]3CC[C@]4(C)[C@@H](O)CC[C@H]4[C@@H]3CC(=Cc3ccc[nH]3)[C@@H]12. The van der Waals surface area contributed by atoms with Crippen molar-refractivity contribution in [3.05, 3.63) is 41.7 Å². The Bertz CT molecular complexity index is 841. The second-order valence-electron chi connectivity index (χ2n) is 10.1. The van der Waals surface area contributed by atoms with Crippen molar-refractivity contribution >= 4 is 12.0 Å². The summed E-state index contributed by atoms with van der Waals surface area (Å²) < 4.78 is 0. The third kappa shape index (κ3) is 2.36. The van der Waals surface area contributed by atoms with E-state index >= 15 is 0 Å². The van der Waals surface area contributed by atoms with E-state index < -0.39 is 0 Å². The molecule has 1 aromatic rings. The maximum atomic E-state index is 12.5. The van der Waals surface area contributed by atoms with Gasteiger partial charge in [-0.3, -0.25) is 4.79 Å². The van der Waals surface area contributed by atoms with Gasteiger partial charge in [-0.15, -0.1) is 0 Å². The molecule has 3 aliphatic carbocycles. The fraction of sp³-hybridized carbons (Fsp3) is 0.625. The van der Waals surface area contributed by atoms with Crippen LogP contribution in [0.25, 0.3) is 6.08 Å². The van der Waals surface area contributed by atoms with Crippen LogP contribution in [0.4, 0.5) is 0 Å². The molecule has 7 atom stereocenters. The second kappa shape index (κ2) is 6.09. The number of nitrogens with one attached hydrogen (secondary N) is 1. The number of likely N-dealkylation sites (N-methyl/N-ethyl adjacent to an activating group) is 1. The third-order valence-corrected chi connectivity index (χ3v) is 8.88. The molecule has 0 saturated heterocycles. The Hall–Kier alpha value is -1.81. The average Bonchev–Trinajstić information content (AvgIpc) is 3.27. The number of carbonyl (C=O) groups is 1. The van der Waals surface area contributed by atoms with Gasteiger partial charge in [-0.25, -0.2) is 0 Å². The summed E-state index contributed by atoms with van der Waals surface area (Å²) in [5.41, 5.74) is 2.48. The number of H-pyrrole nitrogens is 1. The van der Waals surface area contributed by atoms with Gasteiger partial charge in [0.1, 0.15) is 0 Å². The molecule has 5 rings (SSSR count). The zero-order chi connectivity index (χ0) is 19.7. The summed E-state index contributed by atoms with van der Waals surface area (Å²) >= 11 is 0. The van der Waals surface area contributed by atoms with Crippen molar-refractivity contribution in [2.75, 3.05) is 7.05 Å². The third-order valence-electron chi connectivity index (χ3n) is 8.88. The summed E-state index contributed by atoms with van der Waals surface area (Å²) in [6, 6.07) is 4.24. The van der Waals surface area contributed by atoms with E-state index in [2.05, 4.69) is 37.0 Å². The maximum absolute atomic E-state index is 12.5. The summed E-state index contributed by atoms with van der Waals surface area (Å²) in [6.45, 7) is 4.69. The van der Waals surface area contributed by atoms with E-state index in [9.17, 15) is 9.90 Å². The standard InChI is InChI=1S/C24H32N2O2/c1-23-10-8-19-17(18(23)6-7-20(23)27)14-15(13-16-5-4-12-25-16)22-24(19,2)11-9-21(28)26(22)3/h4-5,9,11-13,17-20,22,25,27H,6-8,10,14H2,1-3H3/t17-,18-,19-,20-,22+,23-,24+/m0/s1. The van der Waals surface area contributed by atoms with Gasteiger partial charge in [0.2, 0.25) is 5.91 Å². The monoisotopic (exact) mass is 380 g/mol. The van der Waals surface area contributed by atoms with Gasteiger partial charge in [-0.2, -0.15) is 0 Å². The van der Waals surface area contributed by atoms with Crippen molar-refractivity contribution in [1.29, 1.82) is 0 Å². The number of hydrogen-bond acceptors (Lipinski definition) is 2. The Morgan fingerprint density at radius 1 is 1.25 bits per heavy atom. The fourth-order valence-electron chi connectivity index (χ4n) is 7.45. The molecule has 150 valence electrons. The molecule has 0 bridgehead atoms. The molecule has 2 N–H and O–H groups in total. The number of amides is 1. The molecule has 1 aliphatic heterocycles. The van der Waals surface area contributed by atoms with Gasteiger partial charge >= 0.3 is 0 Å². The first kappa shape index (κ1) is 18.2. The van der Waals surface area contributed by atoms with Crippen LogP contribution in [0.2, 0.25) is 0 Å². The van der Waals surface area contributed by atoms with Crippen LogP contribution >= 0.6 is 0 Å². The zero-order valence-electron chi connectivity index (χ0n) is 17.2. The summed E-state index contributed by atoms with van der Waals surface area (Å²) in [7, 11) is 1.96. The minimum absolute atomic E-state index is 0.0428. The molecule has 2 heterocycles. The van der Waals surface area contributed by atoms with E-state index in [0.29, 0.717) is 17.8 Å². The first-order valence-electron chi connectivity index (χ1n) is 10.8. The van der Waals surface area contributed by atoms with E-state index in [1.54, 1.807) is 6.08 Å². The lowest BCUT2D eigenvalue weighted by molar-refractivity contribution is -0.135. The molecule has 4 nitrogen and oxygen atoms in total. The highest BCUT2D eigenvalue weighted by molar-refractivity contribution is 5.89. The van der Waals surface area contributed by atoms with Gasteiger partial charge in [-0.1, -0.05) is 19.9 Å². The summed E-state index contributed by atoms with van der Waals surface area (Å²) in [6.07, 6.45) is 13.4. The maximum Gasteiger partial charge on any atom is 0.246 e. The van der Waals surface area contributed by atoms with Crippen molar-refractivity contribution in [2.24, 2.45) is 28.6 Å². The number of fused-ring (bicyclic) bond motifs is 5. The Labute approximate surface area is 167 Å². The van der Waals surface area contributed by atoms with Crippen LogP contribution in [-0.2, 0) is 4.79 Å². The van der Waals surface area contributed by atoms with Crippen LogP contribution in [0.15, 0.2) is 36.1 Å². The van der Waals surface area contributed by atoms with Gasteiger partial charge in [0.05, 0.1) is 12.1 Å². The molecule has 28 heavy (non-hydrogen) atoms. The number of aromatic amines is 1. The highest BCUT2D eigenvalue weighted by Crippen LogP contribution is 2.64. The molecule has 0 unspecified atom stereocenters. The number of aromatic nitrogens is 1. The first-order valence-corrected chi connectivity index (χ1v) is 10.8. The van der Waals surface area contributed by atoms with Crippen LogP contribution in [0.1, 0.15) is 51.6 Å². The first-order chi connectivity index (χ1) is 13.3. The van der Waals surface area contributed by atoms with Gasteiger partial charge < -0.3 is 15.0 Å². The number of hydrogen-bond donors (Lipinski definition) is 2. The quantitative estimate of drug-likeness (QED) is 0.773. The highest BCUT2D eigenvalue weighted by Gasteiger charge is 2.61. The van der Waals surface area contributed by atoms with E-state index in [1.165, 1.54) is 5.57 Å². The highest BCUT2D eigenvalue weighted by atomic mass is 16.3. The minimum atomic E-state index is -0.161. The van der Waals surface area contributed by atoms with Crippen molar-refractivity contribution < 1.29 is 9.90 Å². The molecule has 4 aliphatic rings. The largest absolute Gasteiger partial charge is 0.393 e. The topological polar surface area (TPSA) is 56.3 Å². The molecule has 1 amide bonds. The lowest BCUT2D eigenvalue weighted by Gasteiger charge is -2.60. The summed E-state index contributed by atoms with van der Waals surface area (Å²) in [5, 5.41) is 10.7. The Morgan fingerprint density at radius 3 is 2.82 bits per heavy atom. The van der Waals surface area contributed by atoms with Crippen molar-refractivity contribution in [1.82, 2.24) is 9.88 Å². The number of rotatable bonds is 1. The minimum Gasteiger partial charge on any atom is -0.393 e. The lowest BCUT2D eigenvalue weighted by Crippen LogP contribution is -2.60. The molecule has 0 radical (unpaired) electrons. The van der Waals surface area contributed by atoms with E-state index in [0.717, 1.165) is 37.8 Å². The van der Waals surface area contributed by atoms with Crippen LogP contribution in [-0.4, -0.2) is 40.1 Å². The van der Waals surface area contributed by atoms with E-state index in [-0.39, 0.29) is 28.9 Å². The van der Waals surface area contributed by atoms with Crippen LogP contribution in [0, 0.1) is 28.6 Å². The van der Waals surface area contributed by atoms with Crippen LogP contribution < -0.4 is 0 Å². The van der Waals surface area contributed by atoms with E-state index in [4.69, 9.17) is 0 Å². The molecular weight excluding hydrogens is 348 g/mol. The Morgan fingerprint density at radius 2 is 2.07 bits per heavy atom. The van der Waals surface area contributed by atoms with E-state index in [1.807, 2.05) is 24.2 Å². The molecular formula is C24H32N2O2. The van der Waals surface area contributed by atoms with Crippen LogP contribution in [0.5, 0.6) is 0 Å². The molecule has 1 aromatic heterocycles. The van der Waals surface area contributed by atoms with Gasteiger partial charge in [0.15, 0.2) is 0 Å². The summed E-state index contributed by atoms with van der Waals surface area (Å²) in [5.74, 6) is 1.82. The smallest absolute Gasteiger partial charge is 0.246 e. The normalized spacial score (nSPS) is 46.4. The number of aliphatic hydroxyl groups excluding tert-OH is 1. The number of carbonyl (C=O) groups excluding carboxylic acids is 1. The Kier molecular flexibility index (Phi) is 3.97. The second-order valence-corrected chi connectivity index (χ2v) is 10.1. The van der Waals surface area contributed by atoms with Gasteiger partial charge in [0.25, 0.3) is 0 Å². The molecule has 3 fully saturated rings. The average molecular weight is 381 g/mol. The molecule has 3 saturated carbocycles. The van der Waals surface area contributed by atoms with Gasteiger partial charge in [0, 0.05) is 24.4 Å². The lowest BCUT2D eigenvalue weighted by atomic mass is 9.47. The number of aliphatic hydroxyl groups is 1. The van der Waals surface area contributed by atoms with Crippen molar-refractivity contribution in [3.8, 4) is 0 Å². The number of nitrogens with zero attached hydrogens (tertiary/aromatic N) is 1. The van der Waals surface area contributed by atoms with Crippen molar-refractivity contribution in [2.45, 2.75) is 58.1 Å². The molecule has 4 heteroatoms. The van der Waals surface area contributed by atoms with Gasteiger partial charge in [-0.05, 0) is 85.1 Å². The summed E-state index contributed by atoms with van der Waals surface area (Å²) in [4.78, 5) is 17.8. The Balaban J connectivity index is 1.62. The van der Waals surface area contributed by atoms with Crippen LogP contribution in [0.3, 0.4) is 0 Å². The molecule has 0 spiro atoms. The fourth-order valence-corrected chi connectivity index (χ4v) is 7.45. The zero-order valence-corrected chi connectivity index (χ0v) is 17.2. The predicted molar refractivity (Wildman–Crippen MR) is 110 cm³/mol. The molecule has 0 aromatic carbocycles.